The van der Waals surface area contributed by atoms with Gasteiger partial charge in [0.25, 0.3) is 0 Å². The Bertz CT molecular complexity index is 66.1. The fourth-order valence-corrected chi connectivity index (χ4v) is 0.567. The lowest BCUT2D eigenvalue weighted by Gasteiger charge is -2.09. The van der Waals surface area contributed by atoms with Crippen molar-refractivity contribution in [2.24, 2.45) is 0 Å². The van der Waals surface area contributed by atoms with Crippen molar-refractivity contribution in [3.05, 3.63) is 0 Å². The number of aliphatic hydroxyl groups excluding tert-OH is 4. The third-order valence-electron chi connectivity index (χ3n) is 1.25. The maximum absolute atomic E-state index is 8.76. The average Bonchev–Trinajstić information content (AvgIpc) is 1.99. The van der Waals surface area contributed by atoms with Crippen LogP contribution in [0.2, 0.25) is 0 Å². The maximum Gasteiger partial charge on any atom is 0.0771 e. The molecule has 0 aliphatic heterocycles. The van der Waals surface area contributed by atoms with Crippen LogP contribution in [0.1, 0.15) is 12.8 Å². The van der Waals surface area contributed by atoms with Crippen molar-refractivity contribution in [3.8, 4) is 0 Å². The summed E-state index contributed by atoms with van der Waals surface area (Å²) in [5, 5.41) is 34.2. The summed E-state index contributed by atoms with van der Waals surface area (Å²) >= 11 is 0. The topological polar surface area (TPSA) is 80.9 Å². The van der Waals surface area contributed by atoms with Crippen LogP contribution < -0.4 is 0 Å². The molecule has 2 atom stereocenters. The molecular weight excluding hydrogens is 136 g/mol. The van der Waals surface area contributed by atoms with Crippen LogP contribution in [0, 0.1) is 0 Å². The molecule has 0 bridgehead atoms. The van der Waals surface area contributed by atoms with Crippen LogP contribution in [-0.4, -0.2) is 45.8 Å². The lowest BCUT2D eigenvalue weighted by Crippen LogP contribution is -2.18. The SMILES string of the molecule is OCC(O)CC[C@H](O)CO. The van der Waals surface area contributed by atoms with Crippen LogP contribution in [0.4, 0.5) is 0 Å². The Morgan fingerprint density at radius 2 is 1.10 bits per heavy atom. The first kappa shape index (κ1) is 9.84. The predicted molar refractivity (Wildman–Crippen MR) is 35.4 cm³/mol. The zero-order valence-electron chi connectivity index (χ0n) is 5.77. The minimum Gasteiger partial charge on any atom is -0.394 e. The lowest BCUT2D eigenvalue weighted by molar-refractivity contribution is 0.0487. The Labute approximate surface area is 59.7 Å². The third-order valence-corrected chi connectivity index (χ3v) is 1.25. The molecule has 0 aliphatic rings. The first-order valence-electron chi connectivity index (χ1n) is 3.28. The molecule has 0 aromatic rings. The van der Waals surface area contributed by atoms with Crippen molar-refractivity contribution in [2.45, 2.75) is 25.0 Å². The summed E-state index contributed by atoms with van der Waals surface area (Å²) in [4.78, 5) is 0. The monoisotopic (exact) mass is 150 g/mol. The highest BCUT2D eigenvalue weighted by molar-refractivity contribution is 4.58. The van der Waals surface area contributed by atoms with E-state index in [9.17, 15) is 0 Å². The van der Waals surface area contributed by atoms with Crippen LogP contribution in [0.25, 0.3) is 0 Å². The molecule has 0 aliphatic carbocycles. The van der Waals surface area contributed by atoms with E-state index in [0.29, 0.717) is 12.8 Å². The number of hydrogen-bond donors (Lipinski definition) is 4. The van der Waals surface area contributed by atoms with Crippen LogP contribution in [-0.2, 0) is 0 Å². The second-order valence-electron chi connectivity index (χ2n) is 2.25. The van der Waals surface area contributed by atoms with Gasteiger partial charge in [-0.2, -0.15) is 0 Å². The number of rotatable bonds is 5. The highest BCUT2D eigenvalue weighted by Crippen LogP contribution is 1.99. The Hall–Kier alpha value is -0.160. The van der Waals surface area contributed by atoms with Crippen molar-refractivity contribution >= 4 is 0 Å². The molecule has 0 radical (unpaired) electrons. The first-order valence-corrected chi connectivity index (χ1v) is 3.28. The highest BCUT2D eigenvalue weighted by Gasteiger charge is 2.06. The molecule has 0 saturated heterocycles. The van der Waals surface area contributed by atoms with Gasteiger partial charge in [0.1, 0.15) is 0 Å². The van der Waals surface area contributed by atoms with Gasteiger partial charge in [0.15, 0.2) is 0 Å². The van der Waals surface area contributed by atoms with Gasteiger partial charge in [-0.25, -0.2) is 0 Å². The van der Waals surface area contributed by atoms with Crippen molar-refractivity contribution in [1.82, 2.24) is 0 Å². The molecule has 0 saturated carbocycles. The predicted octanol–water partition coefficient (Wildman–Crippen LogP) is -1.53. The van der Waals surface area contributed by atoms with Gasteiger partial charge in [-0.05, 0) is 12.8 Å². The Kier molecular flexibility index (Phi) is 5.52. The van der Waals surface area contributed by atoms with Gasteiger partial charge >= 0.3 is 0 Å². The summed E-state index contributed by atoms with van der Waals surface area (Å²) in [6.45, 7) is -0.587. The van der Waals surface area contributed by atoms with E-state index in [1.165, 1.54) is 0 Å². The van der Waals surface area contributed by atoms with Crippen LogP contribution in [0.5, 0.6) is 0 Å². The van der Waals surface area contributed by atoms with E-state index in [0.717, 1.165) is 0 Å². The van der Waals surface area contributed by atoms with Crippen molar-refractivity contribution < 1.29 is 20.4 Å². The molecule has 0 spiro atoms. The smallest absolute Gasteiger partial charge is 0.0771 e. The summed E-state index contributed by atoms with van der Waals surface area (Å²) < 4.78 is 0. The minimum absolute atomic E-state index is 0.294. The van der Waals surface area contributed by atoms with Gasteiger partial charge in [0.2, 0.25) is 0 Å². The fraction of sp³-hybridized carbons (Fsp3) is 1.00. The molecule has 4 heteroatoms. The van der Waals surface area contributed by atoms with Gasteiger partial charge in [-0.15, -0.1) is 0 Å². The summed E-state index contributed by atoms with van der Waals surface area (Å²) in [7, 11) is 0. The van der Waals surface area contributed by atoms with Gasteiger partial charge in [-0.3, -0.25) is 0 Å². The third kappa shape index (κ3) is 4.69. The van der Waals surface area contributed by atoms with Crippen LogP contribution in [0.15, 0.2) is 0 Å². The fourth-order valence-electron chi connectivity index (χ4n) is 0.567. The van der Waals surface area contributed by atoms with Crippen LogP contribution in [0.3, 0.4) is 0 Å². The average molecular weight is 150 g/mol. The first-order chi connectivity index (χ1) is 4.70. The summed E-state index contributed by atoms with van der Waals surface area (Å²) in [5.41, 5.74) is 0. The maximum atomic E-state index is 8.76. The molecule has 0 aromatic heterocycles. The second kappa shape index (κ2) is 5.61. The normalized spacial score (nSPS) is 16.8. The quantitative estimate of drug-likeness (QED) is 0.383. The molecule has 1 unspecified atom stereocenters. The zero-order valence-corrected chi connectivity index (χ0v) is 5.77. The highest BCUT2D eigenvalue weighted by atomic mass is 16.3. The van der Waals surface area contributed by atoms with Gasteiger partial charge in [0.05, 0.1) is 25.4 Å². The molecule has 0 rings (SSSR count). The van der Waals surface area contributed by atoms with E-state index in [4.69, 9.17) is 20.4 Å². The Morgan fingerprint density at radius 1 is 0.800 bits per heavy atom. The molecule has 4 nitrogen and oxygen atoms in total. The van der Waals surface area contributed by atoms with Crippen LogP contribution >= 0.6 is 0 Å². The second-order valence-corrected chi connectivity index (χ2v) is 2.25. The largest absolute Gasteiger partial charge is 0.394 e. The van der Waals surface area contributed by atoms with E-state index in [1.54, 1.807) is 0 Å². The molecular formula is C6H14O4. The number of aliphatic hydroxyl groups is 4. The van der Waals surface area contributed by atoms with E-state index in [2.05, 4.69) is 0 Å². The Balaban J connectivity index is 3.17. The standard InChI is InChI=1S/C6H14O4/c7-3-5(9)1-2-6(10)4-8/h5-10H,1-4H2/t5-,6?/m0/s1. The molecule has 0 heterocycles. The zero-order chi connectivity index (χ0) is 7.98. The number of hydrogen-bond acceptors (Lipinski definition) is 4. The molecule has 10 heavy (non-hydrogen) atoms. The van der Waals surface area contributed by atoms with E-state index in [1.807, 2.05) is 0 Å². The van der Waals surface area contributed by atoms with Crippen molar-refractivity contribution in [1.29, 1.82) is 0 Å². The summed E-state index contributed by atoms with van der Waals surface area (Å²) in [6, 6.07) is 0. The van der Waals surface area contributed by atoms with Gasteiger partial charge < -0.3 is 20.4 Å². The summed E-state index contributed by atoms with van der Waals surface area (Å²) in [5.74, 6) is 0. The minimum atomic E-state index is -0.777. The van der Waals surface area contributed by atoms with Crippen molar-refractivity contribution in [3.63, 3.8) is 0 Å². The lowest BCUT2D eigenvalue weighted by atomic mass is 10.1. The summed E-state index contributed by atoms with van der Waals surface area (Å²) in [6.07, 6.45) is -0.918. The van der Waals surface area contributed by atoms with Gasteiger partial charge in [0, 0.05) is 0 Å². The van der Waals surface area contributed by atoms with Gasteiger partial charge in [-0.1, -0.05) is 0 Å². The molecule has 0 aromatic carbocycles. The van der Waals surface area contributed by atoms with E-state index in [-0.39, 0.29) is 13.2 Å². The molecule has 4 N–H and O–H groups in total. The molecule has 62 valence electrons. The molecule has 0 fully saturated rings. The van der Waals surface area contributed by atoms with E-state index >= 15 is 0 Å². The van der Waals surface area contributed by atoms with Crippen molar-refractivity contribution in [2.75, 3.05) is 13.2 Å². The van der Waals surface area contributed by atoms with E-state index < -0.39 is 12.2 Å². The Morgan fingerprint density at radius 3 is 1.30 bits per heavy atom. The molecule has 0 amide bonds.